The van der Waals surface area contributed by atoms with Crippen LogP contribution in [0.5, 0.6) is 0 Å². The maximum Gasteiger partial charge on any atom is 0.225 e. The zero-order chi connectivity index (χ0) is 9.97. The predicted molar refractivity (Wildman–Crippen MR) is 55.3 cm³/mol. The number of rotatable bonds is 2. The highest BCUT2D eigenvalue weighted by Gasteiger charge is 2.07. The molecule has 5 nitrogen and oxygen atoms in total. The van der Waals surface area contributed by atoms with Crippen molar-refractivity contribution in [2.75, 3.05) is 12.0 Å². The van der Waals surface area contributed by atoms with E-state index in [1.54, 1.807) is 6.20 Å². The third-order valence-electron chi connectivity index (χ3n) is 1.66. The van der Waals surface area contributed by atoms with Crippen LogP contribution >= 0.6 is 11.8 Å². The minimum atomic E-state index is 0.355. The van der Waals surface area contributed by atoms with E-state index in [9.17, 15) is 0 Å². The number of aromatic nitrogens is 4. The molecule has 0 aliphatic carbocycles. The number of hydrogen-bond acceptors (Lipinski definition) is 5. The summed E-state index contributed by atoms with van der Waals surface area (Å²) in [5.74, 6) is 1.03. The summed E-state index contributed by atoms with van der Waals surface area (Å²) >= 11 is 1.45. The molecule has 0 unspecified atom stereocenters. The molecule has 0 saturated carbocycles. The van der Waals surface area contributed by atoms with Crippen LogP contribution in [-0.2, 0) is 0 Å². The van der Waals surface area contributed by atoms with E-state index < -0.39 is 0 Å². The average Bonchev–Trinajstić information content (AvgIpc) is 2.61. The Morgan fingerprint density at radius 2 is 2.29 bits per heavy atom. The van der Waals surface area contributed by atoms with Gasteiger partial charge in [-0.25, -0.2) is 4.98 Å². The fraction of sp³-hybridized carbons (Fsp3) is 0.125. The smallest absolute Gasteiger partial charge is 0.225 e. The van der Waals surface area contributed by atoms with Crippen LogP contribution in [0.4, 0.5) is 5.95 Å². The van der Waals surface area contributed by atoms with Gasteiger partial charge in [0.15, 0.2) is 5.82 Å². The molecule has 0 bridgehead atoms. The highest BCUT2D eigenvalue weighted by Crippen LogP contribution is 2.14. The van der Waals surface area contributed by atoms with Gasteiger partial charge >= 0.3 is 0 Å². The molecule has 2 N–H and O–H groups in total. The van der Waals surface area contributed by atoms with Crippen molar-refractivity contribution in [3.63, 3.8) is 0 Å². The summed E-state index contributed by atoms with van der Waals surface area (Å²) in [5, 5.41) is 4.83. The molecule has 0 atom stereocenters. The summed E-state index contributed by atoms with van der Waals surface area (Å²) in [5.41, 5.74) is 5.68. The molecule has 2 aromatic rings. The summed E-state index contributed by atoms with van der Waals surface area (Å²) in [6.07, 6.45) is 3.59. The summed E-state index contributed by atoms with van der Waals surface area (Å²) in [6, 6.07) is 5.55. The first-order valence-electron chi connectivity index (χ1n) is 3.99. The molecular weight excluding hydrogens is 198 g/mol. The molecule has 6 heteroatoms. The number of nitrogens with two attached hydrogens (primary N) is 1. The van der Waals surface area contributed by atoms with E-state index in [0.717, 1.165) is 0 Å². The predicted octanol–water partition coefficient (Wildman–Crippen LogP) is 0.966. The number of pyridine rings is 1. The van der Waals surface area contributed by atoms with Crippen molar-refractivity contribution in [2.24, 2.45) is 0 Å². The zero-order valence-electron chi connectivity index (χ0n) is 7.58. The van der Waals surface area contributed by atoms with Crippen molar-refractivity contribution in [2.45, 2.75) is 5.16 Å². The molecule has 2 heterocycles. The van der Waals surface area contributed by atoms with Gasteiger partial charge in [-0.05, 0) is 18.4 Å². The number of anilines is 1. The second kappa shape index (κ2) is 3.67. The normalized spacial score (nSPS) is 10.4. The topological polar surface area (TPSA) is 69.6 Å². The Morgan fingerprint density at radius 1 is 1.43 bits per heavy atom. The van der Waals surface area contributed by atoms with E-state index in [2.05, 4.69) is 15.1 Å². The molecule has 0 amide bonds. The van der Waals surface area contributed by atoms with Crippen LogP contribution < -0.4 is 5.73 Å². The van der Waals surface area contributed by atoms with Gasteiger partial charge in [0.1, 0.15) is 0 Å². The van der Waals surface area contributed by atoms with Gasteiger partial charge in [0.25, 0.3) is 0 Å². The van der Waals surface area contributed by atoms with Gasteiger partial charge in [-0.15, -0.1) is 5.10 Å². The van der Waals surface area contributed by atoms with Crippen LogP contribution in [0, 0.1) is 0 Å². The Kier molecular flexibility index (Phi) is 2.36. The molecule has 2 rings (SSSR count). The highest BCUT2D eigenvalue weighted by atomic mass is 32.2. The van der Waals surface area contributed by atoms with E-state index in [-0.39, 0.29) is 0 Å². The third-order valence-corrected chi connectivity index (χ3v) is 2.20. The fourth-order valence-electron chi connectivity index (χ4n) is 1.04. The summed E-state index contributed by atoms with van der Waals surface area (Å²) in [4.78, 5) is 8.19. The lowest BCUT2D eigenvalue weighted by Gasteiger charge is -1.98. The Labute approximate surface area is 85.4 Å². The minimum Gasteiger partial charge on any atom is -0.368 e. The first-order valence-corrected chi connectivity index (χ1v) is 5.21. The van der Waals surface area contributed by atoms with E-state index in [0.29, 0.717) is 16.9 Å². The summed E-state index contributed by atoms with van der Waals surface area (Å²) in [7, 11) is 0. The van der Waals surface area contributed by atoms with Gasteiger partial charge in [-0.1, -0.05) is 17.8 Å². The van der Waals surface area contributed by atoms with Gasteiger partial charge in [-0.2, -0.15) is 9.67 Å². The quantitative estimate of drug-likeness (QED) is 0.743. The number of thioether (sulfide) groups is 1. The van der Waals surface area contributed by atoms with Crippen LogP contribution in [0.2, 0.25) is 0 Å². The molecule has 0 spiro atoms. The molecular formula is C8H9N5S. The van der Waals surface area contributed by atoms with Crippen LogP contribution in [0.25, 0.3) is 5.82 Å². The maximum absolute atomic E-state index is 5.68. The Hall–Kier alpha value is -1.56. The first-order chi connectivity index (χ1) is 6.81. The van der Waals surface area contributed by atoms with Crippen molar-refractivity contribution in [3.05, 3.63) is 24.4 Å². The second-order valence-electron chi connectivity index (χ2n) is 2.56. The number of nitrogens with zero attached hydrogens (tertiary/aromatic N) is 4. The Balaban J connectivity index is 2.46. The average molecular weight is 207 g/mol. The van der Waals surface area contributed by atoms with Gasteiger partial charge in [0.05, 0.1) is 0 Å². The van der Waals surface area contributed by atoms with Crippen molar-refractivity contribution >= 4 is 17.7 Å². The summed E-state index contributed by atoms with van der Waals surface area (Å²) in [6.45, 7) is 0. The largest absolute Gasteiger partial charge is 0.368 e. The lowest BCUT2D eigenvalue weighted by atomic mass is 10.5. The highest BCUT2D eigenvalue weighted by molar-refractivity contribution is 7.98. The molecule has 0 saturated heterocycles. The van der Waals surface area contributed by atoms with E-state index >= 15 is 0 Å². The Morgan fingerprint density at radius 3 is 2.86 bits per heavy atom. The van der Waals surface area contributed by atoms with Crippen LogP contribution in [-0.4, -0.2) is 26.0 Å². The van der Waals surface area contributed by atoms with Gasteiger partial charge in [0.2, 0.25) is 11.1 Å². The third kappa shape index (κ3) is 1.56. The van der Waals surface area contributed by atoms with E-state index in [4.69, 9.17) is 5.73 Å². The Bertz CT molecular complexity index is 425. The number of nitrogen functional groups attached to an aromatic ring is 1. The van der Waals surface area contributed by atoms with E-state index in [1.165, 1.54) is 16.4 Å². The molecule has 2 aromatic heterocycles. The van der Waals surface area contributed by atoms with Crippen LogP contribution in [0.1, 0.15) is 0 Å². The maximum atomic E-state index is 5.68. The molecule has 0 fully saturated rings. The van der Waals surface area contributed by atoms with E-state index in [1.807, 2.05) is 24.5 Å². The lowest BCUT2D eigenvalue weighted by Crippen LogP contribution is -2.03. The van der Waals surface area contributed by atoms with Gasteiger partial charge in [0, 0.05) is 6.20 Å². The standard InChI is InChI=1S/C8H9N5S/c1-14-8-11-7(9)13(12-8)6-4-2-3-5-10-6/h2-5H,1H3,(H2,9,11,12). The number of hydrogen-bond donors (Lipinski definition) is 1. The van der Waals surface area contributed by atoms with Crippen molar-refractivity contribution < 1.29 is 0 Å². The fourth-order valence-corrected chi connectivity index (χ4v) is 1.39. The molecule has 72 valence electrons. The van der Waals surface area contributed by atoms with Crippen molar-refractivity contribution in [3.8, 4) is 5.82 Å². The minimum absolute atomic E-state index is 0.355. The molecule has 0 radical (unpaired) electrons. The molecule has 0 aliphatic heterocycles. The van der Waals surface area contributed by atoms with Crippen LogP contribution in [0.15, 0.2) is 29.6 Å². The summed E-state index contributed by atoms with van der Waals surface area (Å²) < 4.78 is 1.52. The second-order valence-corrected chi connectivity index (χ2v) is 3.33. The van der Waals surface area contributed by atoms with Crippen molar-refractivity contribution in [1.29, 1.82) is 0 Å². The van der Waals surface area contributed by atoms with Crippen molar-refractivity contribution in [1.82, 2.24) is 19.7 Å². The zero-order valence-corrected chi connectivity index (χ0v) is 8.40. The first kappa shape index (κ1) is 9.01. The monoisotopic (exact) mass is 207 g/mol. The van der Waals surface area contributed by atoms with Gasteiger partial charge < -0.3 is 5.73 Å². The molecule has 0 aliphatic rings. The van der Waals surface area contributed by atoms with Gasteiger partial charge in [-0.3, -0.25) is 0 Å². The molecule has 0 aromatic carbocycles. The SMILES string of the molecule is CSc1nc(N)n(-c2ccccn2)n1. The van der Waals surface area contributed by atoms with Crippen LogP contribution in [0.3, 0.4) is 0 Å². The molecule has 14 heavy (non-hydrogen) atoms. The lowest BCUT2D eigenvalue weighted by molar-refractivity contribution is 0.816.